The SMILES string of the molecule is CC(C)N/C(=C1/N=CN(C(C)C)C1=O)c1cc2ccccc2[nH]1. The number of nitrogens with zero attached hydrogens (tertiary/aromatic N) is 2. The quantitative estimate of drug-likeness (QED) is 0.852. The molecule has 3 rings (SSSR count). The maximum Gasteiger partial charge on any atom is 0.280 e. The molecule has 1 aromatic heterocycles. The number of hydrogen-bond donors (Lipinski definition) is 2. The molecular weight excluding hydrogens is 288 g/mol. The number of carbonyl (C=O) groups is 1. The van der Waals surface area contributed by atoms with E-state index in [1.165, 1.54) is 0 Å². The van der Waals surface area contributed by atoms with Crippen molar-refractivity contribution in [3.05, 3.63) is 41.7 Å². The van der Waals surface area contributed by atoms with Crippen LogP contribution in [0.25, 0.3) is 16.6 Å². The first-order valence-corrected chi connectivity index (χ1v) is 7.93. The third-order valence-electron chi connectivity index (χ3n) is 3.77. The predicted octanol–water partition coefficient (Wildman–Crippen LogP) is 3.11. The summed E-state index contributed by atoms with van der Waals surface area (Å²) in [5, 5.41) is 4.49. The van der Waals surface area contributed by atoms with E-state index in [0.717, 1.165) is 22.3 Å². The minimum atomic E-state index is -0.0678. The van der Waals surface area contributed by atoms with Gasteiger partial charge in [-0.2, -0.15) is 0 Å². The van der Waals surface area contributed by atoms with Crippen molar-refractivity contribution in [2.75, 3.05) is 0 Å². The van der Waals surface area contributed by atoms with Gasteiger partial charge in [-0.3, -0.25) is 9.69 Å². The molecule has 2 N–H and O–H groups in total. The van der Waals surface area contributed by atoms with Gasteiger partial charge in [-0.05, 0) is 39.8 Å². The molecule has 5 heteroatoms. The summed E-state index contributed by atoms with van der Waals surface area (Å²) in [5.74, 6) is -0.0678. The Bertz CT molecular complexity index is 765. The number of rotatable bonds is 4. The van der Waals surface area contributed by atoms with Crippen molar-refractivity contribution < 1.29 is 4.79 Å². The molecule has 2 aromatic rings. The summed E-state index contributed by atoms with van der Waals surface area (Å²) in [6.45, 7) is 8.05. The molecule has 0 unspecified atom stereocenters. The largest absolute Gasteiger partial charge is 0.379 e. The highest BCUT2D eigenvalue weighted by atomic mass is 16.2. The summed E-state index contributed by atoms with van der Waals surface area (Å²) in [7, 11) is 0. The number of carbonyl (C=O) groups excluding carboxylic acids is 1. The summed E-state index contributed by atoms with van der Waals surface area (Å²) in [4.78, 5) is 22.0. The van der Waals surface area contributed by atoms with Crippen LogP contribution >= 0.6 is 0 Å². The Balaban J connectivity index is 2.10. The predicted molar refractivity (Wildman–Crippen MR) is 94.0 cm³/mol. The Morgan fingerprint density at radius 1 is 1.22 bits per heavy atom. The lowest BCUT2D eigenvalue weighted by molar-refractivity contribution is -0.123. The van der Waals surface area contributed by atoms with Gasteiger partial charge in [0.05, 0.1) is 17.7 Å². The summed E-state index contributed by atoms with van der Waals surface area (Å²) in [6.07, 6.45) is 1.62. The highest BCUT2D eigenvalue weighted by Gasteiger charge is 2.29. The Kier molecular flexibility index (Phi) is 3.94. The molecule has 0 saturated carbocycles. The van der Waals surface area contributed by atoms with Gasteiger partial charge in [0.15, 0.2) is 5.70 Å². The summed E-state index contributed by atoms with van der Waals surface area (Å²) in [6, 6.07) is 10.4. The molecule has 0 bridgehead atoms. The van der Waals surface area contributed by atoms with Crippen LogP contribution in [-0.2, 0) is 4.79 Å². The minimum Gasteiger partial charge on any atom is -0.379 e. The zero-order chi connectivity index (χ0) is 16.6. The van der Waals surface area contributed by atoms with E-state index in [1.54, 1.807) is 11.2 Å². The minimum absolute atomic E-state index is 0.0678. The molecule has 0 saturated heterocycles. The van der Waals surface area contributed by atoms with E-state index < -0.39 is 0 Å². The normalized spacial score (nSPS) is 17.0. The molecule has 0 aliphatic carbocycles. The number of para-hydroxylation sites is 1. The molecule has 2 heterocycles. The number of H-pyrrole nitrogens is 1. The number of fused-ring (bicyclic) bond motifs is 1. The van der Waals surface area contributed by atoms with Crippen LogP contribution in [0.5, 0.6) is 0 Å². The molecular formula is C18H22N4O. The number of benzene rings is 1. The first-order valence-electron chi connectivity index (χ1n) is 7.93. The van der Waals surface area contributed by atoms with E-state index in [9.17, 15) is 4.79 Å². The van der Waals surface area contributed by atoms with Crippen molar-refractivity contribution >= 4 is 28.8 Å². The Labute approximate surface area is 136 Å². The smallest absolute Gasteiger partial charge is 0.280 e. The van der Waals surface area contributed by atoms with Gasteiger partial charge in [0, 0.05) is 23.0 Å². The Morgan fingerprint density at radius 3 is 2.57 bits per heavy atom. The lowest BCUT2D eigenvalue weighted by atomic mass is 10.2. The van der Waals surface area contributed by atoms with Gasteiger partial charge in [0.25, 0.3) is 5.91 Å². The van der Waals surface area contributed by atoms with Crippen LogP contribution < -0.4 is 5.32 Å². The zero-order valence-corrected chi connectivity index (χ0v) is 13.9. The van der Waals surface area contributed by atoms with E-state index in [4.69, 9.17) is 0 Å². The van der Waals surface area contributed by atoms with Crippen molar-refractivity contribution in [3.8, 4) is 0 Å². The molecule has 5 nitrogen and oxygen atoms in total. The highest BCUT2D eigenvalue weighted by Crippen LogP contribution is 2.26. The second-order valence-electron chi connectivity index (χ2n) is 6.34. The van der Waals surface area contributed by atoms with E-state index >= 15 is 0 Å². The second-order valence-corrected chi connectivity index (χ2v) is 6.34. The van der Waals surface area contributed by atoms with Crippen LogP contribution in [-0.4, -0.2) is 34.2 Å². The number of amides is 1. The van der Waals surface area contributed by atoms with Gasteiger partial charge in [-0.15, -0.1) is 0 Å². The third kappa shape index (κ3) is 2.86. The first-order chi connectivity index (χ1) is 11.0. The number of aromatic nitrogens is 1. The van der Waals surface area contributed by atoms with Gasteiger partial charge in [0.2, 0.25) is 0 Å². The standard InChI is InChI=1S/C18H22N4O/c1-11(2)20-16(17-18(23)22(10-19-17)12(3)4)15-9-13-7-5-6-8-14(13)21-15/h5-12,20-21H,1-4H3/b17-16+. The van der Waals surface area contributed by atoms with Gasteiger partial charge in [0.1, 0.15) is 0 Å². The molecule has 1 aromatic carbocycles. The van der Waals surface area contributed by atoms with Crippen LogP contribution in [0.3, 0.4) is 0 Å². The molecule has 0 fully saturated rings. The van der Waals surface area contributed by atoms with Gasteiger partial charge < -0.3 is 10.3 Å². The maximum absolute atomic E-state index is 12.6. The summed E-state index contributed by atoms with van der Waals surface area (Å²) < 4.78 is 0. The maximum atomic E-state index is 12.6. The average Bonchev–Trinajstić information content (AvgIpc) is 3.08. The number of aromatic amines is 1. The van der Waals surface area contributed by atoms with Gasteiger partial charge in [-0.1, -0.05) is 18.2 Å². The number of aliphatic imine (C=N–C) groups is 1. The lowest BCUT2D eigenvalue weighted by Crippen LogP contribution is -2.33. The van der Waals surface area contributed by atoms with Crippen molar-refractivity contribution in [2.24, 2.45) is 4.99 Å². The summed E-state index contributed by atoms with van der Waals surface area (Å²) >= 11 is 0. The van der Waals surface area contributed by atoms with Crippen LogP contribution in [0.4, 0.5) is 0 Å². The van der Waals surface area contributed by atoms with E-state index in [-0.39, 0.29) is 18.0 Å². The zero-order valence-electron chi connectivity index (χ0n) is 13.9. The van der Waals surface area contributed by atoms with E-state index in [1.807, 2.05) is 58.0 Å². The average molecular weight is 310 g/mol. The first kappa shape index (κ1) is 15.3. The molecule has 23 heavy (non-hydrogen) atoms. The Morgan fingerprint density at radius 2 is 1.96 bits per heavy atom. The van der Waals surface area contributed by atoms with Crippen molar-refractivity contribution in [1.82, 2.24) is 15.2 Å². The van der Waals surface area contributed by atoms with E-state index in [2.05, 4.69) is 15.3 Å². The van der Waals surface area contributed by atoms with Crippen LogP contribution in [0, 0.1) is 0 Å². The monoisotopic (exact) mass is 310 g/mol. The second kappa shape index (κ2) is 5.91. The van der Waals surface area contributed by atoms with Crippen LogP contribution in [0.1, 0.15) is 33.4 Å². The summed E-state index contributed by atoms with van der Waals surface area (Å²) in [5.41, 5.74) is 3.13. The lowest BCUT2D eigenvalue weighted by Gasteiger charge is -2.18. The number of nitrogens with one attached hydrogen (secondary N) is 2. The molecule has 1 amide bonds. The topological polar surface area (TPSA) is 60.5 Å². The molecule has 0 atom stereocenters. The fourth-order valence-electron chi connectivity index (χ4n) is 2.66. The molecule has 1 aliphatic heterocycles. The molecule has 0 spiro atoms. The highest BCUT2D eigenvalue weighted by molar-refractivity contribution is 6.10. The van der Waals surface area contributed by atoms with Gasteiger partial charge in [-0.25, -0.2) is 4.99 Å². The third-order valence-corrected chi connectivity index (χ3v) is 3.77. The van der Waals surface area contributed by atoms with Crippen LogP contribution in [0.15, 0.2) is 41.0 Å². The van der Waals surface area contributed by atoms with E-state index in [0.29, 0.717) is 5.70 Å². The Hall–Kier alpha value is -2.56. The van der Waals surface area contributed by atoms with Crippen molar-refractivity contribution in [2.45, 2.75) is 39.8 Å². The molecule has 0 radical (unpaired) electrons. The molecule has 1 aliphatic rings. The number of hydrogen-bond acceptors (Lipinski definition) is 3. The van der Waals surface area contributed by atoms with Crippen LogP contribution in [0.2, 0.25) is 0 Å². The molecule has 120 valence electrons. The fraction of sp³-hybridized carbons (Fsp3) is 0.333. The van der Waals surface area contributed by atoms with Crippen molar-refractivity contribution in [1.29, 1.82) is 0 Å². The fourth-order valence-corrected chi connectivity index (χ4v) is 2.66. The van der Waals surface area contributed by atoms with Gasteiger partial charge >= 0.3 is 0 Å². The van der Waals surface area contributed by atoms with Crippen molar-refractivity contribution in [3.63, 3.8) is 0 Å².